The first-order valence-corrected chi connectivity index (χ1v) is 8.40. The average molecular weight is 343 g/mol. The molecule has 0 spiro atoms. The van der Waals surface area contributed by atoms with Crippen molar-refractivity contribution < 1.29 is 18.7 Å². The molecule has 0 aromatic heterocycles. The summed E-state index contributed by atoms with van der Waals surface area (Å²) in [7, 11) is 0. The highest BCUT2D eigenvalue weighted by Crippen LogP contribution is 2.16. The zero-order valence-electron chi connectivity index (χ0n) is 14.3. The number of ketones is 1. The van der Waals surface area contributed by atoms with E-state index in [-0.39, 0.29) is 24.5 Å². The molecule has 0 atom stereocenters. The lowest BCUT2D eigenvalue weighted by Crippen LogP contribution is -2.13. The Morgan fingerprint density at radius 3 is 2.32 bits per heavy atom. The molecule has 132 valence electrons. The SMILES string of the molecule is CCCCOc1ccc(NC(=O)CCC(=O)c2ccc(F)cc2)cc1. The molecular weight excluding hydrogens is 321 g/mol. The molecule has 1 amide bonds. The number of nitrogens with one attached hydrogen (secondary N) is 1. The summed E-state index contributed by atoms with van der Waals surface area (Å²) in [5, 5.41) is 2.75. The molecule has 25 heavy (non-hydrogen) atoms. The number of Topliss-reactive ketones (excluding diaryl/α,β-unsaturated/α-hetero) is 1. The number of hydrogen-bond acceptors (Lipinski definition) is 3. The fourth-order valence-electron chi connectivity index (χ4n) is 2.20. The highest BCUT2D eigenvalue weighted by Gasteiger charge is 2.10. The quantitative estimate of drug-likeness (QED) is 0.534. The number of carbonyl (C=O) groups excluding carboxylic acids is 2. The summed E-state index contributed by atoms with van der Waals surface area (Å²) in [5.41, 5.74) is 1.06. The second kappa shape index (κ2) is 9.57. The van der Waals surface area contributed by atoms with Gasteiger partial charge < -0.3 is 10.1 Å². The van der Waals surface area contributed by atoms with Gasteiger partial charge in [0.1, 0.15) is 11.6 Å². The molecule has 0 aliphatic heterocycles. The summed E-state index contributed by atoms with van der Waals surface area (Å²) in [6.07, 6.45) is 2.23. The van der Waals surface area contributed by atoms with Crippen molar-refractivity contribution >= 4 is 17.4 Å². The Hall–Kier alpha value is -2.69. The van der Waals surface area contributed by atoms with Crippen molar-refractivity contribution in [2.75, 3.05) is 11.9 Å². The first-order valence-electron chi connectivity index (χ1n) is 8.40. The van der Waals surface area contributed by atoms with E-state index in [0.717, 1.165) is 18.6 Å². The van der Waals surface area contributed by atoms with Crippen LogP contribution in [-0.4, -0.2) is 18.3 Å². The molecule has 0 radical (unpaired) electrons. The second-order valence-corrected chi connectivity index (χ2v) is 5.70. The van der Waals surface area contributed by atoms with Gasteiger partial charge in [0.15, 0.2) is 5.78 Å². The fraction of sp³-hybridized carbons (Fsp3) is 0.300. The van der Waals surface area contributed by atoms with E-state index in [0.29, 0.717) is 17.9 Å². The lowest BCUT2D eigenvalue weighted by Gasteiger charge is -2.08. The summed E-state index contributed by atoms with van der Waals surface area (Å²) in [6, 6.07) is 12.4. The van der Waals surface area contributed by atoms with Crippen molar-refractivity contribution in [3.05, 3.63) is 59.9 Å². The smallest absolute Gasteiger partial charge is 0.224 e. The minimum Gasteiger partial charge on any atom is -0.494 e. The van der Waals surface area contributed by atoms with Crippen LogP contribution >= 0.6 is 0 Å². The van der Waals surface area contributed by atoms with E-state index in [1.807, 2.05) is 0 Å². The Morgan fingerprint density at radius 1 is 1.00 bits per heavy atom. The summed E-state index contributed by atoms with van der Waals surface area (Å²) in [5.74, 6) is -0.0562. The first-order chi connectivity index (χ1) is 12.1. The van der Waals surface area contributed by atoms with E-state index in [9.17, 15) is 14.0 Å². The van der Waals surface area contributed by atoms with Crippen molar-refractivity contribution in [1.82, 2.24) is 0 Å². The maximum absolute atomic E-state index is 12.8. The van der Waals surface area contributed by atoms with E-state index in [1.165, 1.54) is 24.3 Å². The second-order valence-electron chi connectivity index (χ2n) is 5.70. The van der Waals surface area contributed by atoms with Crippen LogP contribution in [0.5, 0.6) is 5.75 Å². The average Bonchev–Trinajstić information content (AvgIpc) is 2.62. The maximum atomic E-state index is 12.8. The Kier molecular flexibility index (Phi) is 7.14. The van der Waals surface area contributed by atoms with Crippen LogP contribution < -0.4 is 10.1 Å². The highest BCUT2D eigenvalue weighted by molar-refractivity contribution is 5.99. The normalized spacial score (nSPS) is 10.3. The molecular formula is C20H22FNO3. The third-order valence-electron chi connectivity index (χ3n) is 3.65. The number of hydrogen-bond donors (Lipinski definition) is 1. The van der Waals surface area contributed by atoms with E-state index >= 15 is 0 Å². The van der Waals surface area contributed by atoms with Crippen LogP contribution in [0.3, 0.4) is 0 Å². The molecule has 0 aliphatic carbocycles. The molecule has 1 N–H and O–H groups in total. The van der Waals surface area contributed by atoms with Crippen LogP contribution in [0.25, 0.3) is 0 Å². The van der Waals surface area contributed by atoms with E-state index in [4.69, 9.17) is 4.74 Å². The molecule has 0 fully saturated rings. The Labute approximate surface area is 147 Å². The standard InChI is InChI=1S/C20H22FNO3/c1-2-3-14-25-18-10-8-17(9-11-18)22-20(24)13-12-19(23)15-4-6-16(21)7-5-15/h4-11H,2-3,12-14H2,1H3,(H,22,24). The van der Waals surface area contributed by atoms with Crippen molar-refractivity contribution in [1.29, 1.82) is 0 Å². The molecule has 2 aromatic rings. The lowest BCUT2D eigenvalue weighted by atomic mass is 10.1. The van der Waals surface area contributed by atoms with Crippen LogP contribution in [0, 0.1) is 5.82 Å². The molecule has 0 heterocycles. The molecule has 2 rings (SSSR count). The van der Waals surface area contributed by atoms with Gasteiger partial charge in [0.2, 0.25) is 5.91 Å². The molecule has 2 aromatic carbocycles. The van der Waals surface area contributed by atoms with Crippen molar-refractivity contribution in [3.8, 4) is 5.75 Å². The lowest BCUT2D eigenvalue weighted by molar-refractivity contribution is -0.116. The molecule has 0 saturated heterocycles. The van der Waals surface area contributed by atoms with Gasteiger partial charge in [0, 0.05) is 24.1 Å². The summed E-state index contributed by atoms with van der Waals surface area (Å²) in [6.45, 7) is 2.77. The minimum atomic E-state index is -0.392. The van der Waals surface area contributed by atoms with Crippen LogP contribution in [0.15, 0.2) is 48.5 Å². The van der Waals surface area contributed by atoms with Gasteiger partial charge in [-0.1, -0.05) is 13.3 Å². The van der Waals surface area contributed by atoms with Crippen LogP contribution in [0.4, 0.5) is 10.1 Å². The first kappa shape index (κ1) is 18.6. The number of anilines is 1. The molecule has 0 bridgehead atoms. The predicted octanol–water partition coefficient (Wildman–Crippen LogP) is 4.61. The topological polar surface area (TPSA) is 55.4 Å². The molecule has 0 saturated carbocycles. The van der Waals surface area contributed by atoms with Gasteiger partial charge in [-0.25, -0.2) is 4.39 Å². The largest absolute Gasteiger partial charge is 0.494 e. The Bertz CT molecular complexity index is 696. The van der Waals surface area contributed by atoms with Gasteiger partial charge in [-0.3, -0.25) is 9.59 Å². The zero-order chi connectivity index (χ0) is 18.1. The van der Waals surface area contributed by atoms with Gasteiger partial charge >= 0.3 is 0 Å². The maximum Gasteiger partial charge on any atom is 0.224 e. The third-order valence-corrected chi connectivity index (χ3v) is 3.65. The number of benzene rings is 2. The molecule has 4 nitrogen and oxygen atoms in total. The predicted molar refractivity (Wildman–Crippen MR) is 95.4 cm³/mol. The van der Waals surface area contributed by atoms with E-state index in [2.05, 4.69) is 12.2 Å². The van der Waals surface area contributed by atoms with Crippen molar-refractivity contribution in [2.24, 2.45) is 0 Å². The molecule has 5 heteroatoms. The monoisotopic (exact) mass is 343 g/mol. The van der Waals surface area contributed by atoms with E-state index in [1.54, 1.807) is 24.3 Å². The molecule has 0 aliphatic rings. The minimum absolute atomic E-state index is 0.0744. The van der Waals surface area contributed by atoms with Crippen LogP contribution in [0.1, 0.15) is 43.0 Å². The number of rotatable bonds is 9. The van der Waals surface area contributed by atoms with E-state index < -0.39 is 5.82 Å². The van der Waals surface area contributed by atoms with Gasteiger partial charge in [0.05, 0.1) is 6.61 Å². The number of halogens is 1. The fourth-order valence-corrected chi connectivity index (χ4v) is 2.20. The third kappa shape index (κ3) is 6.37. The summed E-state index contributed by atoms with van der Waals surface area (Å²) < 4.78 is 18.4. The van der Waals surface area contributed by atoms with Crippen molar-refractivity contribution in [3.63, 3.8) is 0 Å². The van der Waals surface area contributed by atoms with Gasteiger partial charge in [-0.05, 0) is 55.0 Å². The number of amides is 1. The van der Waals surface area contributed by atoms with Gasteiger partial charge in [-0.15, -0.1) is 0 Å². The van der Waals surface area contributed by atoms with Crippen molar-refractivity contribution in [2.45, 2.75) is 32.6 Å². The van der Waals surface area contributed by atoms with Gasteiger partial charge in [0.25, 0.3) is 0 Å². The zero-order valence-corrected chi connectivity index (χ0v) is 14.3. The van der Waals surface area contributed by atoms with Crippen LogP contribution in [0.2, 0.25) is 0 Å². The Morgan fingerprint density at radius 2 is 1.68 bits per heavy atom. The highest BCUT2D eigenvalue weighted by atomic mass is 19.1. The Balaban J connectivity index is 1.77. The molecule has 0 unspecified atom stereocenters. The number of carbonyl (C=O) groups is 2. The number of unbranched alkanes of at least 4 members (excludes halogenated alkanes) is 1. The van der Waals surface area contributed by atoms with Gasteiger partial charge in [-0.2, -0.15) is 0 Å². The summed E-state index contributed by atoms with van der Waals surface area (Å²) in [4.78, 5) is 23.9. The van der Waals surface area contributed by atoms with Crippen LogP contribution in [-0.2, 0) is 4.79 Å². The summed E-state index contributed by atoms with van der Waals surface area (Å²) >= 11 is 0. The number of ether oxygens (including phenoxy) is 1.